The molecule has 1 aliphatic heterocycles. The third kappa shape index (κ3) is 4.54. The van der Waals surface area contributed by atoms with Gasteiger partial charge in [0.05, 0.1) is 44.9 Å². The van der Waals surface area contributed by atoms with Gasteiger partial charge in [0.2, 0.25) is 0 Å². The van der Waals surface area contributed by atoms with E-state index in [-0.39, 0.29) is 17.4 Å². The third-order valence-corrected chi connectivity index (χ3v) is 5.01. The van der Waals surface area contributed by atoms with E-state index >= 15 is 0 Å². The summed E-state index contributed by atoms with van der Waals surface area (Å²) in [4.78, 5) is 28.5. The van der Waals surface area contributed by atoms with Crippen LogP contribution in [0, 0.1) is 0 Å². The molecule has 2 N–H and O–H groups in total. The van der Waals surface area contributed by atoms with Crippen LogP contribution in [-0.2, 0) is 9.59 Å². The minimum atomic E-state index is -0.655. The van der Waals surface area contributed by atoms with Crippen LogP contribution in [0.2, 0.25) is 0 Å². The molecule has 1 heterocycles. The van der Waals surface area contributed by atoms with Gasteiger partial charge in [-0.1, -0.05) is 42.5 Å². The summed E-state index contributed by atoms with van der Waals surface area (Å²) in [5.41, 5.74) is 1.40. The number of amides is 1. The van der Waals surface area contributed by atoms with Crippen molar-refractivity contribution in [2.24, 2.45) is 0 Å². The maximum absolute atomic E-state index is 12.9. The molecule has 6 heteroatoms. The van der Waals surface area contributed by atoms with Gasteiger partial charge in [-0.3, -0.25) is 9.59 Å². The number of nitrogens with one attached hydrogen (secondary N) is 1. The summed E-state index contributed by atoms with van der Waals surface area (Å²) >= 11 is 0. The van der Waals surface area contributed by atoms with E-state index in [9.17, 15) is 14.7 Å². The zero-order valence-corrected chi connectivity index (χ0v) is 17.9. The molecule has 1 amide bonds. The zero-order valence-electron chi connectivity index (χ0n) is 17.9. The van der Waals surface area contributed by atoms with E-state index in [1.807, 2.05) is 58.3 Å². The highest BCUT2D eigenvalue weighted by Crippen LogP contribution is 2.39. The Labute approximate surface area is 177 Å². The van der Waals surface area contributed by atoms with Crippen LogP contribution >= 0.6 is 0 Å². The van der Waals surface area contributed by atoms with Gasteiger partial charge >= 0.3 is 0 Å². The summed E-state index contributed by atoms with van der Waals surface area (Å²) in [7, 11) is 3.99. The van der Waals surface area contributed by atoms with E-state index in [0.29, 0.717) is 24.4 Å². The number of likely N-dealkylation sites (tertiary alicyclic amines) is 1. The van der Waals surface area contributed by atoms with Crippen molar-refractivity contribution in [3.05, 3.63) is 71.3 Å². The lowest BCUT2D eigenvalue weighted by atomic mass is 9.95. The van der Waals surface area contributed by atoms with Crippen LogP contribution in [0.3, 0.4) is 0 Å². The Balaban J connectivity index is 2.07. The maximum atomic E-state index is 12.9. The fraction of sp³-hybridized carbons (Fsp3) is 0.333. The highest BCUT2D eigenvalue weighted by molar-refractivity contribution is 6.46. The molecule has 2 aromatic carbocycles. The van der Waals surface area contributed by atoms with E-state index in [2.05, 4.69) is 0 Å². The topological polar surface area (TPSA) is 71.3 Å². The molecular weight excluding hydrogens is 380 g/mol. The van der Waals surface area contributed by atoms with Crippen LogP contribution in [0.15, 0.2) is 60.2 Å². The highest BCUT2D eigenvalue weighted by atomic mass is 16.5. The smallest absolute Gasteiger partial charge is 0.295 e. The molecule has 6 nitrogen and oxygen atoms in total. The number of Topliss-reactive ketones (excluding diaryl/α,β-unsaturated/α-hetero) is 1. The first-order valence-corrected chi connectivity index (χ1v) is 10.2. The van der Waals surface area contributed by atoms with Gasteiger partial charge in [0.25, 0.3) is 11.7 Å². The Morgan fingerprint density at radius 3 is 2.27 bits per heavy atom. The van der Waals surface area contributed by atoms with Crippen molar-refractivity contribution in [2.45, 2.75) is 26.0 Å². The van der Waals surface area contributed by atoms with Crippen molar-refractivity contribution in [3.8, 4) is 5.75 Å². The number of aliphatic hydroxyl groups excluding tert-OH is 1. The predicted octanol–water partition coefficient (Wildman–Crippen LogP) is 2.04. The van der Waals surface area contributed by atoms with Crippen molar-refractivity contribution in [2.75, 3.05) is 27.2 Å². The van der Waals surface area contributed by atoms with Gasteiger partial charge in [-0.05, 0) is 31.5 Å². The van der Waals surface area contributed by atoms with Crippen LogP contribution in [0.4, 0.5) is 0 Å². The predicted molar refractivity (Wildman–Crippen MR) is 115 cm³/mol. The fourth-order valence-electron chi connectivity index (χ4n) is 3.55. The summed E-state index contributed by atoms with van der Waals surface area (Å²) < 4.78 is 5.71. The number of hydrogen-bond acceptors (Lipinski definition) is 4. The molecule has 0 unspecified atom stereocenters. The van der Waals surface area contributed by atoms with Crippen molar-refractivity contribution < 1.29 is 24.3 Å². The first kappa shape index (κ1) is 21.6. The van der Waals surface area contributed by atoms with E-state index in [1.54, 1.807) is 29.2 Å². The number of ketones is 1. The molecular formula is C24H29N2O4+. The second-order valence-corrected chi connectivity index (χ2v) is 8.05. The monoisotopic (exact) mass is 409 g/mol. The molecule has 0 bridgehead atoms. The lowest BCUT2D eigenvalue weighted by Gasteiger charge is -2.26. The lowest BCUT2D eigenvalue weighted by Crippen LogP contribution is -3.06. The van der Waals surface area contributed by atoms with E-state index < -0.39 is 17.7 Å². The molecule has 1 saturated heterocycles. The number of benzene rings is 2. The van der Waals surface area contributed by atoms with Gasteiger partial charge < -0.3 is 19.6 Å². The van der Waals surface area contributed by atoms with Crippen molar-refractivity contribution >= 4 is 17.4 Å². The number of aliphatic hydroxyl groups is 1. The normalized spacial score (nSPS) is 18.5. The average molecular weight is 410 g/mol. The zero-order chi connectivity index (χ0) is 21.8. The molecule has 0 radical (unpaired) electrons. The molecule has 1 atom stereocenters. The number of likely N-dealkylation sites (N-methyl/N-ethyl adjacent to an activating group) is 1. The van der Waals surface area contributed by atoms with Crippen LogP contribution in [0.5, 0.6) is 5.75 Å². The Morgan fingerprint density at radius 2 is 1.70 bits per heavy atom. The SMILES string of the molecule is CC(C)Oc1ccc([C@@H]2C(=C(O)c3ccccc3)C(=O)C(=O)N2CC[NH+](C)C)cc1. The van der Waals surface area contributed by atoms with Gasteiger partial charge in [0, 0.05) is 5.56 Å². The summed E-state index contributed by atoms with van der Waals surface area (Å²) in [6.07, 6.45) is 0.0441. The Morgan fingerprint density at radius 1 is 1.07 bits per heavy atom. The van der Waals surface area contributed by atoms with Gasteiger partial charge in [-0.15, -0.1) is 0 Å². The summed E-state index contributed by atoms with van der Waals surface area (Å²) in [6, 6.07) is 15.6. The van der Waals surface area contributed by atoms with Gasteiger partial charge in [-0.25, -0.2) is 0 Å². The van der Waals surface area contributed by atoms with Gasteiger partial charge in [0.15, 0.2) is 0 Å². The number of carbonyl (C=O) groups excluding carboxylic acids is 2. The second-order valence-electron chi connectivity index (χ2n) is 8.05. The van der Waals surface area contributed by atoms with Crippen molar-refractivity contribution in [1.29, 1.82) is 0 Å². The van der Waals surface area contributed by atoms with E-state index in [1.165, 1.54) is 4.90 Å². The Bertz CT molecular complexity index is 933. The highest BCUT2D eigenvalue weighted by Gasteiger charge is 2.46. The number of hydrogen-bond donors (Lipinski definition) is 2. The van der Waals surface area contributed by atoms with Crippen LogP contribution in [0.1, 0.15) is 31.0 Å². The van der Waals surface area contributed by atoms with Gasteiger partial charge in [0.1, 0.15) is 11.5 Å². The molecule has 30 heavy (non-hydrogen) atoms. The molecule has 158 valence electrons. The van der Waals surface area contributed by atoms with E-state index in [0.717, 1.165) is 5.56 Å². The quantitative estimate of drug-likeness (QED) is 0.417. The third-order valence-electron chi connectivity index (χ3n) is 5.01. The molecule has 2 aromatic rings. The second kappa shape index (κ2) is 9.13. The first-order valence-electron chi connectivity index (χ1n) is 10.2. The Hall–Kier alpha value is -3.12. The standard InChI is InChI=1S/C24H28N2O4/c1-16(2)30-19-12-10-17(11-13-19)21-20(22(27)18-8-6-5-7-9-18)23(28)24(29)26(21)15-14-25(3)4/h5-13,16,21,27H,14-15H2,1-4H3/p+1/t21-/m1/s1. The molecule has 1 aliphatic rings. The number of nitrogens with zero attached hydrogens (tertiary/aromatic N) is 1. The maximum Gasteiger partial charge on any atom is 0.295 e. The van der Waals surface area contributed by atoms with Crippen LogP contribution < -0.4 is 9.64 Å². The summed E-state index contributed by atoms with van der Waals surface area (Å²) in [6.45, 7) is 5.00. The number of ether oxygens (including phenoxy) is 1. The minimum absolute atomic E-state index is 0.0441. The molecule has 3 rings (SSSR count). The molecule has 1 fully saturated rings. The minimum Gasteiger partial charge on any atom is -0.507 e. The van der Waals surface area contributed by atoms with E-state index in [4.69, 9.17) is 4.74 Å². The Kier molecular flexibility index (Phi) is 6.57. The van der Waals surface area contributed by atoms with Crippen molar-refractivity contribution in [1.82, 2.24) is 4.90 Å². The average Bonchev–Trinajstić information content (AvgIpc) is 2.97. The lowest BCUT2D eigenvalue weighted by molar-refractivity contribution is -0.857. The molecule has 0 spiro atoms. The molecule has 0 aliphatic carbocycles. The molecule has 0 saturated carbocycles. The largest absolute Gasteiger partial charge is 0.507 e. The van der Waals surface area contributed by atoms with Crippen LogP contribution in [0.25, 0.3) is 5.76 Å². The van der Waals surface area contributed by atoms with Crippen molar-refractivity contribution in [3.63, 3.8) is 0 Å². The summed E-state index contributed by atoms with van der Waals surface area (Å²) in [5, 5.41) is 11.0. The number of rotatable bonds is 7. The van der Waals surface area contributed by atoms with Gasteiger partial charge in [-0.2, -0.15) is 0 Å². The number of quaternary nitrogens is 1. The summed E-state index contributed by atoms with van der Waals surface area (Å²) in [5.74, 6) is -0.675. The molecule has 0 aromatic heterocycles. The number of carbonyl (C=O) groups is 2. The fourth-order valence-corrected chi connectivity index (χ4v) is 3.55. The van der Waals surface area contributed by atoms with Crippen LogP contribution in [-0.4, -0.2) is 55.0 Å². The first-order chi connectivity index (χ1) is 14.3.